The summed E-state index contributed by atoms with van der Waals surface area (Å²) in [5, 5.41) is 2.31. The van der Waals surface area contributed by atoms with Gasteiger partial charge in [0.2, 0.25) is 11.8 Å². The third kappa shape index (κ3) is 6.01. The van der Waals surface area contributed by atoms with Crippen molar-refractivity contribution in [3.63, 3.8) is 0 Å². The summed E-state index contributed by atoms with van der Waals surface area (Å²) in [6, 6.07) is 22.5. The minimum atomic E-state index is -0.112. The summed E-state index contributed by atoms with van der Waals surface area (Å²) in [5.41, 5.74) is 12.1. The van der Waals surface area contributed by atoms with Crippen molar-refractivity contribution in [1.82, 2.24) is 23.9 Å². The Morgan fingerprint density at radius 1 is 0.854 bits per heavy atom. The smallest absolute Gasteiger partial charge is 0.246 e. The number of carbonyl (C=O) groups excluding carboxylic acids is 2. The molecule has 0 spiro atoms. The molecule has 3 aromatic heterocycles. The monoisotopic (exact) mass is 548 g/mol. The highest BCUT2D eigenvalue weighted by Gasteiger charge is 2.15. The van der Waals surface area contributed by atoms with Crippen LogP contribution >= 0.6 is 0 Å². The molecule has 0 aliphatic carbocycles. The molecule has 8 nitrogen and oxygen atoms in total. The zero-order valence-electron chi connectivity index (χ0n) is 24.0. The molecule has 0 aliphatic rings. The number of anilines is 1. The molecule has 0 bridgehead atoms. The molecular formula is C33H36N6O2. The number of hydrogen-bond donors (Lipinski definition) is 1. The molecule has 0 saturated carbocycles. The van der Waals surface area contributed by atoms with Crippen molar-refractivity contribution in [3.8, 4) is 0 Å². The van der Waals surface area contributed by atoms with Crippen LogP contribution in [0.15, 0.2) is 79.0 Å². The Hall–Kier alpha value is -4.85. The number of carbonyl (C=O) groups is 2. The van der Waals surface area contributed by atoms with Gasteiger partial charge in [0, 0.05) is 69.3 Å². The van der Waals surface area contributed by atoms with Gasteiger partial charge in [-0.2, -0.15) is 0 Å². The Balaban J connectivity index is 1.18. The highest BCUT2D eigenvalue weighted by Crippen LogP contribution is 2.21. The molecule has 0 atom stereocenters. The van der Waals surface area contributed by atoms with Crippen LogP contribution in [0.3, 0.4) is 0 Å². The van der Waals surface area contributed by atoms with Crippen molar-refractivity contribution in [2.45, 2.75) is 25.9 Å². The Labute approximate surface area is 240 Å². The largest absolute Gasteiger partial charge is 0.383 e. The molecule has 41 heavy (non-hydrogen) atoms. The van der Waals surface area contributed by atoms with Gasteiger partial charge < -0.3 is 24.7 Å². The van der Waals surface area contributed by atoms with Crippen molar-refractivity contribution < 1.29 is 9.59 Å². The molecule has 2 aromatic carbocycles. The lowest BCUT2D eigenvalue weighted by Crippen LogP contribution is -2.27. The molecule has 210 valence electrons. The zero-order valence-corrected chi connectivity index (χ0v) is 24.0. The molecule has 5 aromatic rings. The molecule has 0 radical (unpaired) electrons. The quantitative estimate of drug-likeness (QED) is 0.265. The zero-order chi connectivity index (χ0) is 29.1. The van der Waals surface area contributed by atoms with Gasteiger partial charge in [-0.05, 0) is 64.7 Å². The predicted octanol–water partition coefficient (Wildman–Crippen LogP) is 4.91. The van der Waals surface area contributed by atoms with E-state index in [0.29, 0.717) is 31.7 Å². The van der Waals surface area contributed by atoms with Crippen LogP contribution in [-0.4, -0.2) is 49.8 Å². The first-order valence-electron chi connectivity index (χ1n) is 13.7. The van der Waals surface area contributed by atoms with Crippen molar-refractivity contribution in [2.75, 3.05) is 19.8 Å². The first kappa shape index (κ1) is 27.7. The number of nitrogen functional groups attached to an aromatic ring is 1. The van der Waals surface area contributed by atoms with Crippen LogP contribution in [0.2, 0.25) is 0 Å². The molecule has 0 saturated heterocycles. The van der Waals surface area contributed by atoms with Gasteiger partial charge in [0.25, 0.3) is 0 Å². The molecule has 2 N–H and O–H groups in total. The lowest BCUT2D eigenvalue weighted by molar-refractivity contribution is -0.130. The second-order valence-corrected chi connectivity index (χ2v) is 10.6. The number of para-hydroxylation sites is 2. The number of hydrogen-bond acceptors (Lipinski definition) is 4. The van der Waals surface area contributed by atoms with Gasteiger partial charge in [0.1, 0.15) is 5.82 Å². The van der Waals surface area contributed by atoms with Crippen molar-refractivity contribution in [2.24, 2.45) is 14.1 Å². The van der Waals surface area contributed by atoms with Crippen LogP contribution in [0.25, 0.3) is 27.9 Å². The molecular weight excluding hydrogens is 512 g/mol. The number of amides is 2. The van der Waals surface area contributed by atoms with Crippen molar-refractivity contribution in [3.05, 3.63) is 102 Å². The molecule has 5 rings (SSSR count). The third-order valence-corrected chi connectivity index (χ3v) is 7.75. The number of likely N-dealkylation sites (N-methyl/N-ethyl adjacent to an activating group) is 1. The van der Waals surface area contributed by atoms with E-state index in [1.807, 2.05) is 51.5 Å². The first-order chi connectivity index (χ1) is 19.7. The molecule has 0 fully saturated rings. The normalized spacial score (nSPS) is 11.5. The van der Waals surface area contributed by atoms with Gasteiger partial charge in [-0.15, -0.1) is 0 Å². The number of nitrogens with two attached hydrogens (primary N) is 1. The minimum absolute atomic E-state index is 0.0285. The Morgan fingerprint density at radius 3 is 2.00 bits per heavy atom. The van der Waals surface area contributed by atoms with Gasteiger partial charge in [0.15, 0.2) is 0 Å². The third-order valence-electron chi connectivity index (χ3n) is 7.75. The molecule has 3 heterocycles. The Bertz CT molecular complexity index is 1760. The van der Waals surface area contributed by atoms with Gasteiger partial charge in [0.05, 0.1) is 13.1 Å². The fourth-order valence-electron chi connectivity index (χ4n) is 5.21. The summed E-state index contributed by atoms with van der Waals surface area (Å²) in [6.45, 7) is 1.02. The predicted molar refractivity (Wildman–Crippen MR) is 165 cm³/mol. The summed E-state index contributed by atoms with van der Waals surface area (Å²) < 4.78 is 4.23. The van der Waals surface area contributed by atoms with E-state index in [1.54, 1.807) is 35.2 Å². The average Bonchev–Trinajstić information content (AvgIpc) is 3.46. The van der Waals surface area contributed by atoms with E-state index in [9.17, 15) is 9.59 Å². The number of nitrogens with zero attached hydrogens (tertiary/aromatic N) is 5. The standard InChI is InChI=1S/C33H36N6O2/c1-36(21-27-18-24-9-5-7-11-29(24)38(27)3)31(40)15-13-23-17-26(33(34)35-20-23)14-16-32(41)37(2)22-28-19-25-10-6-8-12-30(25)39(28)4/h5-13,15,17-20H,14,16,21-22H2,1-4H3,(H2,34,35). The summed E-state index contributed by atoms with van der Waals surface area (Å²) in [6.07, 6.45) is 5.70. The maximum atomic E-state index is 13.0. The number of pyridine rings is 1. The van der Waals surface area contributed by atoms with Crippen LogP contribution in [-0.2, 0) is 43.2 Å². The van der Waals surface area contributed by atoms with Crippen molar-refractivity contribution in [1.29, 1.82) is 0 Å². The highest BCUT2D eigenvalue weighted by molar-refractivity contribution is 5.91. The lowest BCUT2D eigenvalue weighted by Gasteiger charge is -2.18. The van der Waals surface area contributed by atoms with Crippen LogP contribution < -0.4 is 5.73 Å². The van der Waals surface area contributed by atoms with E-state index < -0.39 is 0 Å². The second-order valence-electron chi connectivity index (χ2n) is 10.6. The highest BCUT2D eigenvalue weighted by atomic mass is 16.2. The van der Waals surface area contributed by atoms with Crippen LogP contribution in [0.5, 0.6) is 0 Å². The van der Waals surface area contributed by atoms with Gasteiger partial charge in [-0.1, -0.05) is 36.4 Å². The number of benzene rings is 2. The number of aryl methyl sites for hydroxylation is 3. The van der Waals surface area contributed by atoms with E-state index in [4.69, 9.17) is 5.73 Å². The fraction of sp³-hybridized carbons (Fsp3) is 0.242. The summed E-state index contributed by atoms with van der Waals surface area (Å²) >= 11 is 0. The number of fused-ring (bicyclic) bond motifs is 2. The number of rotatable bonds is 9. The second kappa shape index (κ2) is 11.7. The van der Waals surface area contributed by atoms with Crippen LogP contribution in [0.4, 0.5) is 5.82 Å². The lowest BCUT2D eigenvalue weighted by atomic mass is 10.1. The van der Waals surface area contributed by atoms with Crippen molar-refractivity contribution >= 4 is 45.5 Å². The molecule has 2 amide bonds. The Kier molecular flexibility index (Phi) is 7.92. The van der Waals surface area contributed by atoms with E-state index >= 15 is 0 Å². The molecule has 0 aliphatic heterocycles. The van der Waals surface area contributed by atoms with E-state index in [2.05, 4.69) is 50.5 Å². The van der Waals surface area contributed by atoms with E-state index in [-0.39, 0.29) is 11.8 Å². The maximum Gasteiger partial charge on any atom is 0.246 e. The Morgan fingerprint density at radius 2 is 1.41 bits per heavy atom. The summed E-state index contributed by atoms with van der Waals surface area (Å²) in [7, 11) is 7.64. The molecule has 8 heteroatoms. The van der Waals surface area contributed by atoms with E-state index in [0.717, 1.165) is 44.3 Å². The summed E-state index contributed by atoms with van der Waals surface area (Å²) in [5.74, 6) is 0.310. The van der Waals surface area contributed by atoms with Gasteiger partial charge in [-0.3, -0.25) is 9.59 Å². The van der Waals surface area contributed by atoms with Gasteiger partial charge >= 0.3 is 0 Å². The maximum absolute atomic E-state index is 13.0. The van der Waals surface area contributed by atoms with Crippen LogP contribution in [0, 0.1) is 0 Å². The fourth-order valence-corrected chi connectivity index (χ4v) is 5.21. The van der Waals surface area contributed by atoms with Crippen LogP contribution in [0.1, 0.15) is 28.9 Å². The van der Waals surface area contributed by atoms with E-state index in [1.165, 1.54) is 0 Å². The molecule has 0 unspecified atom stereocenters. The topological polar surface area (TPSA) is 89.4 Å². The first-order valence-corrected chi connectivity index (χ1v) is 13.7. The SMILES string of the molecule is CN(Cc1cc2ccccc2n1C)C(=O)C=Cc1cnc(N)c(CCC(=O)N(C)Cc2cc3ccccc3n2C)c1. The number of aromatic nitrogens is 3. The minimum Gasteiger partial charge on any atom is -0.383 e. The van der Waals surface area contributed by atoms with Gasteiger partial charge in [-0.25, -0.2) is 4.98 Å². The summed E-state index contributed by atoms with van der Waals surface area (Å²) in [4.78, 5) is 33.5. The average molecular weight is 549 g/mol.